The second kappa shape index (κ2) is 8.33. The molecule has 0 saturated carbocycles. The number of carbonyl (C=O) groups excluding carboxylic acids is 1. The Morgan fingerprint density at radius 2 is 1.86 bits per heavy atom. The van der Waals surface area contributed by atoms with Crippen molar-refractivity contribution in [3.05, 3.63) is 64.8 Å². The first kappa shape index (κ1) is 19.0. The van der Waals surface area contributed by atoms with Crippen molar-refractivity contribution >= 4 is 28.4 Å². The summed E-state index contributed by atoms with van der Waals surface area (Å²) in [7, 11) is 0. The molecule has 146 valence electrons. The number of amides is 1. The number of halogens is 1. The lowest BCUT2D eigenvalue weighted by Crippen LogP contribution is -2.48. The largest absolute Gasteiger partial charge is 0.340 e. The first-order chi connectivity index (χ1) is 13.6. The van der Waals surface area contributed by atoms with Crippen LogP contribution in [0.5, 0.6) is 0 Å². The van der Waals surface area contributed by atoms with Gasteiger partial charge in [-0.05, 0) is 24.6 Å². The van der Waals surface area contributed by atoms with Gasteiger partial charge in [0.2, 0.25) is 5.91 Å². The van der Waals surface area contributed by atoms with Gasteiger partial charge in [-0.2, -0.15) is 5.10 Å². The average Bonchev–Trinajstić information content (AvgIpc) is 3.03. The Kier molecular flexibility index (Phi) is 5.64. The molecular formula is C22H25ClN4O. The zero-order chi connectivity index (χ0) is 19.5. The van der Waals surface area contributed by atoms with Crippen LogP contribution < -0.4 is 0 Å². The monoisotopic (exact) mass is 396 g/mol. The molecule has 6 heteroatoms. The summed E-state index contributed by atoms with van der Waals surface area (Å²) in [6.45, 7) is 7.01. The Balaban J connectivity index is 1.29. The standard InChI is InChI=1S/C22H25ClN4O/c1-17-5-4-6-18(15-17)16-25-11-13-26(14-12-25)21(28)9-10-27-20-8-3-2-7-19(20)22(23)24-27/h2-8,15H,9-14,16H2,1H3. The van der Waals surface area contributed by atoms with Gasteiger partial charge in [0.25, 0.3) is 0 Å². The van der Waals surface area contributed by atoms with Crippen molar-refractivity contribution in [3.8, 4) is 0 Å². The van der Waals surface area contributed by atoms with Gasteiger partial charge in [0.15, 0.2) is 5.15 Å². The van der Waals surface area contributed by atoms with Crippen molar-refractivity contribution in [2.24, 2.45) is 0 Å². The van der Waals surface area contributed by atoms with Gasteiger partial charge in [-0.1, -0.05) is 53.6 Å². The van der Waals surface area contributed by atoms with E-state index in [1.165, 1.54) is 11.1 Å². The van der Waals surface area contributed by atoms with Gasteiger partial charge in [-0.15, -0.1) is 0 Å². The molecule has 2 aromatic carbocycles. The van der Waals surface area contributed by atoms with Crippen LogP contribution in [0.4, 0.5) is 0 Å². The number of para-hydroxylation sites is 1. The predicted molar refractivity (Wildman–Crippen MR) is 112 cm³/mol. The number of piperazine rings is 1. The zero-order valence-corrected chi connectivity index (χ0v) is 16.9. The SMILES string of the molecule is Cc1cccc(CN2CCN(C(=O)CCn3nc(Cl)c4ccccc43)CC2)c1. The van der Waals surface area contributed by atoms with Crippen LogP contribution in [-0.4, -0.2) is 51.7 Å². The van der Waals surface area contributed by atoms with Crippen molar-refractivity contribution in [1.29, 1.82) is 0 Å². The second-order valence-electron chi connectivity index (χ2n) is 7.43. The van der Waals surface area contributed by atoms with E-state index in [1.54, 1.807) is 0 Å². The van der Waals surface area contributed by atoms with E-state index in [0.717, 1.165) is 43.6 Å². The molecule has 28 heavy (non-hydrogen) atoms. The maximum atomic E-state index is 12.7. The molecule has 1 saturated heterocycles. The van der Waals surface area contributed by atoms with Crippen LogP contribution in [0.1, 0.15) is 17.5 Å². The maximum absolute atomic E-state index is 12.7. The highest BCUT2D eigenvalue weighted by atomic mass is 35.5. The number of rotatable bonds is 5. The zero-order valence-electron chi connectivity index (χ0n) is 16.1. The molecule has 0 atom stereocenters. The maximum Gasteiger partial charge on any atom is 0.224 e. The summed E-state index contributed by atoms with van der Waals surface area (Å²) in [6, 6.07) is 16.5. The van der Waals surface area contributed by atoms with Gasteiger partial charge < -0.3 is 4.90 Å². The molecule has 5 nitrogen and oxygen atoms in total. The van der Waals surface area contributed by atoms with E-state index >= 15 is 0 Å². The van der Waals surface area contributed by atoms with Gasteiger partial charge in [0, 0.05) is 44.5 Å². The molecule has 0 aliphatic carbocycles. The quantitative estimate of drug-likeness (QED) is 0.659. The van der Waals surface area contributed by atoms with Crippen molar-refractivity contribution in [3.63, 3.8) is 0 Å². The Labute approximate surface area is 170 Å². The lowest BCUT2D eigenvalue weighted by atomic mass is 10.1. The van der Waals surface area contributed by atoms with Gasteiger partial charge in [-0.25, -0.2) is 0 Å². The number of hydrogen-bond donors (Lipinski definition) is 0. The van der Waals surface area contributed by atoms with Crippen molar-refractivity contribution in [2.45, 2.75) is 26.4 Å². The van der Waals surface area contributed by atoms with Gasteiger partial charge in [-0.3, -0.25) is 14.4 Å². The van der Waals surface area contributed by atoms with Crippen LogP contribution >= 0.6 is 11.6 Å². The van der Waals surface area contributed by atoms with Crippen LogP contribution in [0.3, 0.4) is 0 Å². The molecule has 0 spiro atoms. The molecule has 3 aromatic rings. The average molecular weight is 397 g/mol. The van der Waals surface area contributed by atoms with E-state index in [-0.39, 0.29) is 5.91 Å². The molecular weight excluding hydrogens is 372 g/mol. The molecule has 0 radical (unpaired) electrons. The third-order valence-electron chi connectivity index (χ3n) is 5.36. The van der Waals surface area contributed by atoms with Crippen LogP contribution in [0, 0.1) is 6.92 Å². The number of carbonyl (C=O) groups is 1. The molecule has 2 heterocycles. The minimum Gasteiger partial charge on any atom is -0.340 e. The van der Waals surface area contributed by atoms with Crippen LogP contribution in [0.15, 0.2) is 48.5 Å². The normalized spacial score (nSPS) is 15.3. The number of aryl methyl sites for hydroxylation is 2. The fourth-order valence-corrected chi connectivity index (χ4v) is 4.09. The van der Waals surface area contributed by atoms with Crippen molar-refractivity contribution < 1.29 is 4.79 Å². The van der Waals surface area contributed by atoms with E-state index in [1.807, 2.05) is 33.8 Å². The summed E-state index contributed by atoms with van der Waals surface area (Å²) in [5.41, 5.74) is 3.60. The van der Waals surface area contributed by atoms with E-state index in [9.17, 15) is 4.79 Å². The van der Waals surface area contributed by atoms with E-state index in [2.05, 4.69) is 41.2 Å². The fourth-order valence-electron chi connectivity index (χ4n) is 3.84. The molecule has 1 fully saturated rings. The second-order valence-corrected chi connectivity index (χ2v) is 7.79. The molecule has 1 amide bonds. The van der Waals surface area contributed by atoms with Crippen LogP contribution in [0.2, 0.25) is 5.15 Å². The van der Waals surface area contributed by atoms with E-state index in [4.69, 9.17) is 11.6 Å². The fraction of sp³-hybridized carbons (Fsp3) is 0.364. The van der Waals surface area contributed by atoms with Gasteiger partial charge in [0.1, 0.15) is 0 Å². The topological polar surface area (TPSA) is 41.4 Å². The molecule has 0 unspecified atom stereocenters. The van der Waals surface area contributed by atoms with Crippen LogP contribution in [-0.2, 0) is 17.9 Å². The predicted octanol–water partition coefficient (Wildman–Crippen LogP) is 3.73. The van der Waals surface area contributed by atoms with Crippen molar-refractivity contribution in [2.75, 3.05) is 26.2 Å². The summed E-state index contributed by atoms with van der Waals surface area (Å²) in [6.07, 6.45) is 0.444. The first-order valence-electron chi connectivity index (χ1n) is 9.77. The number of hydrogen-bond acceptors (Lipinski definition) is 3. The molecule has 1 aliphatic rings. The Morgan fingerprint density at radius 1 is 1.07 bits per heavy atom. The molecule has 0 bridgehead atoms. The first-order valence-corrected chi connectivity index (χ1v) is 10.1. The summed E-state index contributed by atoms with van der Waals surface area (Å²) in [5, 5.41) is 5.80. The Bertz CT molecular complexity index is 976. The molecule has 0 N–H and O–H groups in total. The summed E-state index contributed by atoms with van der Waals surface area (Å²) in [4.78, 5) is 17.0. The molecule has 1 aromatic heterocycles. The minimum absolute atomic E-state index is 0.186. The highest BCUT2D eigenvalue weighted by Crippen LogP contribution is 2.22. The smallest absolute Gasteiger partial charge is 0.224 e. The highest BCUT2D eigenvalue weighted by molar-refractivity contribution is 6.34. The van der Waals surface area contributed by atoms with Gasteiger partial charge in [0.05, 0.1) is 12.1 Å². The minimum atomic E-state index is 0.186. The van der Waals surface area contributed by atoms with E-state index in [0.29, 0.717) is 18.1 Å². The molecule has 4 rings (SSSR count). The van der Waals surface area contributed by atoms with E-state index < -0.39 is 0 Å². The number of nitrogens with zero attached hydrogens (tertiary/aromatic N) is 4. The highest BCUT2D eigenvalue weighted by Gasteiger charge is 2.21. The van der Waals surface area contributed by atoms with Gasteiger partial charge >= 0.3 is 0 Å². The third kappa shape index (κ3) is 4.21. The number of aromatic nitrogens is 2. The van der Waals surface area contributed by atoms with Crippen LogP contribution in [0.25, 0.3) is 10.9 Å². The molecule has 1 aliphatic heterocycles. The lowest BCUT2D eigenvalue weighted by Gasteiger charge is -2.35. The number of fused-ring (bicyclic) bond motifs is 1. The third-order valence-corrected chi connectivity index (χ3v) is 5.64. The Morgan fingerprint density at radius 3 is 2.64 bits per heavy atom. The Hall–Kier alpha value is -2.37. The summed E-state index contributed by atoms with van der Waals surface area (Å²) in [5.74, 6) is 0.186. The summed E-state index contributed by atoms with van der Waals surface area (Å²) < 4.78 is 1.84. The number of benzene rings is 2. The van der Waals surface area contributed by atoms with Crippen molar-refractivity contribution in [1.82, 2.24) is 19.6 Å². The lowest BCUT2D eigenvalue weighted by molar-refractivity contribution is -0.133. The summed E-state index contributed by atoms with van der Waals surface area (Å²) >= 11 is 6.20.